The number of rotatable bonds is 3. The molecule has 1 heterocycles. The predicted octanol–water partition coefficient (Wildman–Crippen LogP) is 3.53. The molecule has 0 aliphatic heterocycles. The molecule has 1 aromatic carbocycles. The van der Waals surface area contributed by atoms with Gasteiger partial charge in [-0.3, -0.25) is 9.89 Å². The van der Waals surface area contributed by atoms with Crippen molar-refractivity contribution in [1.29, 1.82) is 0 Å². The van der Waals surface area contributed by atoms with Gasteiger partial charge < -0.3 is 5.32 Å². The fourth-order valence-corrected chi connectivity index (χ4v) is 1.81. The van der Waals surface area contributed by atoms with Crippen molar-refractivity contribution in [2.75, 3.05) is 5.32 Å². The zero-order valence-corrected chi connectivity index (χ0v) is 11.1. The number of nitrogens with one attached hydrogen (secondary N) is 2. The van der Waals surface area contributed by atoms with Crippen molar-refractivity contribution in [3.05, 3.63) is 45.6 Å². The van der Waals surface area contributed by atoms with Gasteiger partial charge in [0.2, 0.25) is 0 Å². The van der Waals surface area contributed by atoms with E-state index in [0.29, 0.717) is 21.4 Å². The third kappa shape index (κ3) is 2.66. The highest BCUT2D eigenvalue weighted by atomic mass is 35.5. The summed E-state index contributed by atoms with van der Waals surface area (Å²) < 4.78 is 0. The number of anilines is 1. The Balaban J connectivity index is 2.19. The lowest BCUT2D eigenvalue weighted by atomic mass is 10.2. The van der Waals surface area contributed by atoms with Crippen molar-refractivity contribution in [2.24, 2.45) is 0 Å². The summed E-state index contributed by atoms with van der Waals surface area (Å²) in [5, 5.41) is 10.1. The van der Waals surface area contributed by atoms with Crippen LogP contribution in [0, 0.1) is 0 Å². The van der Waals surface area contributed by atoms with E-state index in [4.69, 9.17) is 23.2 Å². The highest BCUT2D eigenvalue weighted by Crippen LogP contribution is 2.23. The summed E-state index contributed by atoms with van der Waals surface area (Å²) in [4.78, 5) is 12.0. The van der Waals surface area contributed by atoms with Crippen molar-refractivity contribution in [3.8, 4) is 0 Å². The molecule has 0 radical (unpaired) electrons. The maximum absolute atomic E-state index is 12.0. The number of H-pyrrole nitrogens is 1. The minimum absolute atomic E-state index is 0.257. The van der Waals surface area contributed by atoms with Crippen LogP contribution in [0.5, 0.6) is 0 Å². The molecule has 1 aromatic heterocycles. The summed E-state index contributed by atoms with van der Waals surface area (Å²) >= 11 is 11.7. The van der Waals surface area contributed by atoms with Gasteiger partial charge in [0.1, 0.15) is 5.82 Å². The second-order valence-corrected chi connectivity index (χ2v) is 4.52. The van der Waals surface area contributed by atoms with Crippen LogP contribution in [0.15, 0.2) is 24.4 Å². The largest absolute Gasteiger partial charge is 0.307 e. The maximum Gasteiger partial charge on any atom is 0.256 e. The van der Waals surface area contributed by atoms with Gasteiger partial charge in [-0.05, 0) is 24.6 Å². The van der Waals surface area contributed by atoms with Crippen LogP contribution in [0.1, 0.15) is 22.8 Å². The first-order valence-electron chi connectivity index (χ1n) is 5.40. The summed E-state index contributed by atoms with van der Waals surface area (Å²) in [7, 11) is 0. The molecule has 0 spiro atoms. The molecule has 2 rings (SSSR count). The van der Waals surface area contributed by atoms with Crippen LogP contribution in [0.3, 0.4) is 0 Å². The summed E-state index contributed by atoms with van der Waals surface area (Å²) in [5.41, 5.74) is 1.39. The van der Waals surface area contributed by atoms with E-state index < -0.39 is 0 Å². The third-order valence-electron chi connectivity index (χ3n) is 2.52. The van der Waals surface area contributed by atoms with E-state index in [2.05, 4.69) is 15.5 Å². The van der Waals surface area contributed by atoms with E-state index in [-0.39, 0.29) is 5.91 Å². The van der Waals surface area contributed by atoms with Gasteiger partial charge in [-0.1, -0.05) is 30.1 Å². The fraction of sp³-hybridized carbons (Fsp3) is 0.167. The molecule has 0 aliphatic rings. The molecular weight excluding hydrogens is 273 g/mol. The highest BCUT2D eigenvalue weighted by Gasteiger charge is 2.11. The number of hydrogen-bond acceptors (Lipinski definition) is 2. The zero-order valence-electron chi connectivity index (χ0n) is 9.63. The molecule has 94 valence electrons. The van der Waals surface area contributed by atoms with E-state index >= 15 is 0 Å². The SMILES string of the molecule is CCc1cn[nH]c1NC(=O)c1ccc(Cl)c(Cl)c1. The summed E-state index contributed by atoms with van der Waals surface area (Å²) in [6.07, 6.45) is 2.47. The Morgan fingerprint density at radius 1 is 1.39 bits per heavy atom. The van der Waals surface area contributed by atoms with Crippen molar-refractivity contribution >= 4 is 34.9 Å². The van der Waals surface area contributed by atoms with Crippen LogP contribution >= 0.6 is 23.2 Å². The lowest BCUT2D eigenvalue weighted by molar-refractivity contribution is 0.102. The standard InChI is InChI=1S/C12H11Cl2N3O/c1-2-7-6-15-17-11(7)16-12(18)8-3-4-9(13)10(14)5-8/h3-6H,2H2,1H3,(H2,15,16,17,18). The maximum atomic E-state index is 12.0. The Bertz CT molecular complexity index is 580. The first-order valence-corrected chi connectivity index (χ1v) is 6.16. The van der Waals surface area contributed by atoms with Gasteiger partial charge in [0.25, 0.3) is 5.91 Å². The number of amides is 1. The Hall–Kier alpha value is -1.52. The molecule has 4 nitrogen and oxygen atoms in total. The topological polar surface area (TPSA) is 57.8 Å². The lowest BCUT2D eigenvalue weighted by Gasteiger charge is -2.05. The first kappa shape index (κ1) is 12.9. The normalized spacial score (nSPS) is 10.4. The number of benzene rings is 1. The third-order valence-corrected chi connectivity index (χ3v) is 3.26. The lowest BCUT2D eigenvalue weighted by Crippen LogP contribution is -2.13. The van der Waals surface area contributed by atoms with Crippen LogP contribution in [0.2, 0.25) is 10.0 Å². The molecule has 0 saturated carbocycles. The Morgan fingerprint density at radius 3 is 2.83 bits per heavy atom. The number of aromatic nitrogens is 2. The van der Waals surface area contributed by atoms with Crippen molar-refractivity contribution in [1.82, 2.24) is 10.2 Å². The summed E-state index contributed by atoms with van der Waals surface area (Å²) in [6, 6.07) is 4.74. The molecule has 0 fully saturated rings. The quantitative estimate of drug-likeness (QED) is 0.905. The smallest absolute Gasteiger partial charge is 0.256 e. The highest BCUT2D eigenvalue weighted by molar-refractivity contribution is 6.42. The average molecular weight is 284 g/mol. The van der Waals surface area contributed by atoms with E-state index in [1.807, 2.05) is 6.92 Å². The molecule has 1 amide bonds. The van der Waals surface area contributed by atoms with Crippen LogP contribution in [0.4, 0.5) is 5.82 Å². The number of nitrogens with zero attached hydrogens (tertiary/aromatic N) is 1. The van der Waals surface area contributed by atoms with Crippen LogP contribution < -0.4 is 5.32 Å². The fourth-order valence-electron chi connectivity index (χ4n) is 1.51. The molecule has 2 N–H and O–H groups in total. The monoisotopic (exact) mass is 283 g/mol. The second kappa shape index (κ2) is 5.42. The minimum Gasteiger partial charge on any atom is -0.307 e. The molecular formula is C12H11Cl2N3O. The predicted molar refractivity (Wildman–Crippen MR) is 72.4 cm³/mol. The summed E-state index contributed by atoms with van der Waals surface area (Å²) in [6.45, 7) is 1.99. The molecule has 2 aromatic rings. The molecule has 0 saturated heterocycles. The molecule has 0 unspecified atom stereocenters. The number of carbonyl (C=O) groups is 1. The van der Waals surface area contributed by atoms with Crippen molar-refractivity contribution in [3.63, 3.8) is 0 Å². The van der Waals surface area contributed by atoms with Crippen LogP contribution in [0.25, 0.3) is 0 Å². The molecule has 0 bridgehead atoms. The number of aryl methyl sites for hydroxylation is 1. The molecule has 0 aliphatic carbocycles. The molecule has 18 heavy (non-hydrogen) atoms. The van der Waals surface area contributed by atoms with Gasteiger partial charge in [-0.2, -0.15) is 5.10 Å². The van der Waals surface area contributed by atoms with Gasteiger partial charge in [0.05, 0.1) is 16.2 Å². The van der Waals surface area contributed by atoms with Gasteiger partial charge in [0, 0.05) is 11.1 Å². The van der Waals surface area contributed by atoms with Gasteiger partial charge in [-0.25, -0.2) is 0 Å². The van der Waals surface area contributed by atoms with Crippen LogP contribution in [-0.2, 0) is 6.42 Å². The summed E-state index contributed by atoms with van der Waals surface area (Å²) in [5.74, 6) is 0.348. The van der Waals surface area contributed by atoms with Gasteiger partial charge in [-0.15, -0.1) is 0 Å². The van der Waals surface area contributed by atoms with E-state index in [0.717, 1.165) is 12.0 Å². The zero-order chi connectivity index (χ0) is 13.1. The Morgan fingerprint density at radius 2 is 2.17 bits per heavy atom. The van der Waals surface area contributed by atoms with Crippen molar-refractivity contribution < 1.29 is 4.79 Å². The average Bonchev–Trinajstić information content (AvgIpc) is 2.79. The molecule has 6 heteroatoms. The van der Waals surface area contributed by atoms with E-state index in [1.54, 1.807) is 18.3 Å². The second-order valence-electron chi connectivity index (χ2n) is 3.71. The van der Waals surface area contributed by atoms with Crippen LogP contribution in [-0.4, -0.2) is 16.1 Å². The minimum atomic E-state index is -0.257. The van der Waals surface area contributed by atoms with Gasteiger partial charge in [0.15, 0.2) is 0 Å². The number of carbonyl (C=O) groups excluding carboxylic acids is 1. The van der Waals surface area contributed by atoms with E-state index in [9.17, 15) is 4.79 Å². The van der Waals surface area contributed by atoms with E-state index in [1.165, 1.54) is 6.07 Å². The number of aromatic amines is 1. The van der Waals surface area contributed by atoms with Gasteiger partial charge >= 0.3 is 0 Å². The number of hydrogen-bond donors (Lipinski definition) is 2. The number of halogens is 2. The Kier molecular flexibility index (Phi) is 3.89. The molecule has 0 atom stereocenters. The van der Waals surface area contributed by atoms with Crippen molar-refractivity contribution in [2.45, 2.75) is 13.3 Å². The first-order chi connectivity index (χ1) is 8.61. The Labute approximate surface area is 114 Å².